The molecule has 0 N–H and O–H groups in total. The normalized spacial score (nSPS) is 11.7. The van der Waals surface area contributed by atoms with E-state index in [1.807, 2.05) is 118 Å². The number of benzene rings is 16. The smallest absolute Gasteiger partial charge is 0.166 e. The van der Waals surface area contributed by atoms with Gasteiger partial charge in [-0.25, -0.2) is 59.8 Å². The SMILES string of the molecule is Cc1nc(C)nc(-c2ccc3c4ccccc4n(-c4ccc(-c5ccc6c7cc(Cc8nc(C)nc(-c9ccc%10c(c9)c9ccccc9n%10-c9ccc(-c%10ccc%11c%12ccccc%12n(-c%12ccccc%12)c%11c%10)cc9-c9nc(-c%10ccccc%10)nc(-c%10ccccc%10)n9)n8)ccc7n(-c7ccccc7)c6c5)cc4-c4nc(-c5ccccc5)nc(-c5ccccc5)n4)c3c2)n1. The Labute approximate surface area is 735 Å². The van der Waals surface area contributed by atoms with E-state index in [2.05, 4.69) is 308 Å². The van der Waals surface area contributed by atoms with Gasteiger partial charge in [0.15, 0.2) is 46.6 Å². The van der Waals surface area contributed by atoms with E-state index >= 15 is 0 Å². The molecule has 16 aromatic carbocycles. The highest BCUT2D eigenvalue weighted by atomic mass is 15.1. The fourth-order valence-corrected chi connectivity index (χ4v) is 18.7. The second kappa shape index (κ2) is 30.7. The van der Waals surface area contributed by atoms with Crippen molar-refractivity contribution in [1.82, 2.24) is 78.1 Å². The van der Waals surface area contributed by atoms with Crippen LogP contribution in [0.4, 0.5) is 0 Å². The molecule has 0 unspecified atom stereocenters. The summed E-state index contributed by atoms with van der Waals surface area (Å²) in [5.41, 5.74) is 24.3. The van der Waals surface area contributed by atoms with Gasteiger partial charge in [-0.05, 0) is 164 Å². The predicted octanol–water partition coefficient (Wildman–Crippen LogP) is 26.0. The minimum Gasteiger partial charge on any atom is -0.309 e. The van der Waals surface area contributed by atoms with Crippen molar-refractivity contribution < 1.29 is 0 Å². The van der Waals surface area contributed by atoms with Gasteiger partial charge in [0.05, 0.1) is 55.5 Å². The van der Waals surface area contributed by atoms with E-state index in [1.54, 1.807) is 0 Å². The van der Waals surface area contributed by atoms with E-state index in [0.717, 1.165) is 172 Å². The van der Waals surface area contributed by atoms with Crippen LogP contribution in [0.3, 0.4) is 0 Å². The Morgan fingerprint density at radius 2 is 0.477 bits per heavy atom. The van der Waals surface area contributed by atoms with Gasteiger partial charge >= 0.3 is 0 Å². The van der Waals surface area contributed by atoms with Crippen molar-refractivity contribution in [2.75, 3.05) is 0 Å². The van der Waals surface area contributed by atoms with Crippen LogP contribution >= 0.6 is 0 Å². The van der Waals surface area contributed by atoms with Gasteiger partial charge in [-0.1, -0.05) is 267 Å². The maximum absolute atomic E-state index is 5.44. The van der Waals surface area contributed by atoms with Crippen LogP contribution in [0, 0.1) is 20.8 Å². The van der Waals surface area contributed by atoms with E-state index in [9.17, 15) is 0 Å². The summed E-state index contributed by atoms with van der Waals surface area (Å²) < 4.78 is 9.44. The summed E-state index contributed by atoms with van der Waals surface area (Å²) in [5, 5.41) is 8.85. The summed E-state index contributed by atoms with van der Waals surface area (Å²) >= 11 is 0. The lowest BCUT2D eigenvalue weighted by molar-refractivity contribution is 0.887. The molecular weight excluding hydrogens is 1570 g/mol. The minimum atomic E-state index is 0.455. The number of para-hydroxylation sites is 5. The molecule has 0 spiro atoms. The van der Waals surface area contributed by atoms with E-state index in [-0.39, 0.29) is 0 Å². The van der Waals surface area contributed by atoms with Crippen LogP contribution in [0.1, 0.15) is 28.9 Å². The lowest BCUT2D eigenvalue weighted by Gasteiger charge is -2.17. The van der Waals surface area contributed by atoms with Crippen LogP contribution < -0.4 is 0 Å². The van der Waals surface area contributed by atoms with Gasteiger partial charge in [-0.2, -0.15) is 0 Å². The van der Waals surface area contributed by atoms with Crippen molar-refractivity contribution in [2.45, 2.75) is 27.2 Å². The second-order valence-corrected chi connectivity index (χ2v) is 32.4. The predicted molar refractivity (Wildman–Crippen MR) is 515 cm³/mol. The molecule has 0 saturated carbocycles. The number of aryl methyl sites for hydroxylation is 3. The van der Waals surface area contributed by atoms with Gasteiger partial charge in [0.2, 0.25) is 0 Å². The number of aromatic nitrogens is 16. The standard InChI is InChI=1S/C112H74N16/c1-68-113-69(2)116-109(115-68)81-49-55-88-85-41-23-26-44-95(85)128(103(88)67-81)100-58-51-77(63-93(100)112-123-107(74-32-14-6-15-33-74)120-108(124-112)75-34-16-7-17-35-75)79-48-54-89-90-60-71(46-56-97(90)126(102(89)66-79)83-38-20-9-21-39-83)61-104-114-70(3)117-110(118-104)80-52-59-98-91(64-80)86-42-24-27-45-96(86)127(98)99-57-50-76(78-47-53-87-84-40-22-25-43-94(84)125(101(87)65-78)82-36-18-8-19-37-82)62-92(99)111-121-105(72-28-10-4-11-29-72)119-106(122-111)73-30-12-5-13-31-73/h4-60,62-67H,61H2,1-3H3. The summed E-state index contributed by atoms with van der Waals surface area (Å²) in [4.78, 5) is 61.9. The van der Waals surface area contributed by atoms with Crippen molar-refractivity contribution in [2.24, 2.45) is 0 Å². The Balaban J connectivity index is 0.619. The first-order chi connectivity index (χ1) is 63.1. The summed E-state index contributed by atoms with van der Waals surface area (Å²) in [6, 6.07) is 135. The summed E-state index contributed by atoms with van der Waals surface area (Å²) in [6.45, 7) is 5.77. The Kier molecular flexibility index (Phi) is 17.9. The molecule has 16 nitrogen and oxygen atoms in total. The quantitative estimate of drug-likeness (QED) is 0.0897. The maximum Gasteiger partial charge on any atom is 0.166 e. The Morgan fingerprint density at radius 1 is 0.180 bits per heavy atom. The zero-order chi connectivity index (χ0) is 85.0. The van der Waals surface area contributed by atoms with Crippen LogP contribution in [0.5, 0.6) is 0 Å². The first-order valence-electron chi connectivity index (χ1n) is 42.9. The Bertz CT molecular complexity index is 8430. The average molecular weight is 1640 g/mol. The van der Waals surface area contributed by atoms with Gasteiger partial charge in [0.25, 0.3) is 0 Å². The highest BCUT2D eigenvalue weighted by Gasteiger charge is 2.27. The Morgan fingerprint density at radius 3 is 0.953 bits per heavy atom. The van der Waals surface area contributed by atoms with Crippen LogP contribution in [0.15, 0.2) is 382 Å². The van der Waals surface area contributed by atoms with Gasteiger partial charge in [0.1, 0.15) is 23.3 Å². The molecule has 0 aliphatic heterocycles. The molecule has 8 heterocycles. The van der Waals surface area contributed by atoms with E-state index in [1.165, 1.54) is 10.8 Å². The first kappa shape index (κ1) is 74.6. The third-order valence-electron chi connectivity index (χ3n) is 24.4. The third kappa shape index (κ3) is 13.1. The van der Waals surface area contributed by atoms with E-state index in [4.69, 9.17) is 54.8 Å². The zero-order valence-electron chi connectivity index (χ0n) is 69.7. The zero-order valence-corrected chi connectivity index (χ0v) is 69.7. The lowest BCUT2D eigenvalue weighted by Crippen LogP contribution is -2.04. The lowest BCUT2D eigenvalue weighted by atomic mass is 9.99. The first-order valence-corrected chi connectivity index (χ1v) is 42.9. The molecular formula is C112H74N16. The van der Waals surface area contributed by atoms with Crippen molar-refractivity contribution in [3.63, 3.8) is 0 Å². The number of rotatable bonds is 16. The number of hydrogen-bond acceptors (Lipinski definition) is 12. The topological polar surface area (TPSA) is 174 Å². The highest BCUT2D eigenvalue weighted by Crippen LogP contribution is 2.46. The van der Waals surface area contributed by atoms with Gasteiger partial charge in [-0.3, -0.25) is 0 Å². The molecule has 16 heteroatoms. The van der Waals surface area contributed by atoms with Crippen LogP contribution in [0.2, 0.25) is 0 Å². The molecule has 0 aliphatic rings. The van der Waals surface area contributed by atoms with Gasteiger partial charge in [0, 0.05) is 105 Å². The Hall–Kier alpha value is -17.2. The highest BCUT2D eigenvalue weighted by molar-refractivity contribution is 6.15. The summed E-state index contributed by atoms with van der Waals surface area (Å²) in [6.07, 6.45) is 0.455. The third-order valence-corrected chi connectivity index (χ3v) is 24.4. The van der Waals surface area contributed by atoms with Crippen molar-refractivity contribution in [3.8, 4) is 136 Å². The fourth-order valence-electron chi connectivity index (χ4n) is 18.7. The molecule has 0 saturated heterocycles. The summed E-state index contributed by atoms with van der Waals surface area (Å²) in [7, 11) is 0. The molecule has 24 rings (SSSR count). The number of fused-ring (bicyclic) bond motifs is 12. The van der Waals surface area contributed by atoms with Crippen LogP contribution in [-0.2, 0) is 6.42 Å². The number of nitrogens with zero attached hydrogens (tertiary/aromatic N) is 16. The van der Waals surface area contributed by atoms with Gasteiger partial charge in [-0.15, -0.1) is 0 Å². The number of hydrogen-bond donors (Lipinski definition) is 0. The van der Waals surface area contributed by atoms with E-state index < -0.39 is 0 Å². The molecule has 0 aliphatic carbocycles. The van der Waals surface area contributed by atoms with Crippen molar-refractivity contribution in [3.05, 3.63) is 411 Å². The largest absolute Gasteiger partial charge is 0.309 e. The molecule has 602 valence electrons. The molecule has 0 radical (unpaired) electrons. The van der Waals surface area contributed by atoms with Crippen molar-refractivity contribution in [1.29, 1.82) is 0 Å². The minimum absolute atomic E-state index is 0.455. The molecule has 0 fully saturated rings. The monoisotopic (exact) mass is 1640 g/mol. The fraction of sp³-hybridized carbons (Fsp3) is 0.0357. The molecule has 24 aromatic rings. The van der Waals surface area contributed by atoms with Crippen LogP contribution in [0.25, 0.3) is 223 Å². The van der Waals surface area contributed by atoms with Crippen LogP contribution in [-0.4, -0.2) is 78.1 Å². The molecule has 128 heavy (non-hydrogen) atoms. The second-order valence-electron chi connectivity index (χ2n) is 32.4. The molecule has 0 bridgehead atoms. The average Bonchev–Trinajstić information content (AvgIpc) is 1.61. The van der Waals surface area contributed by atoms with E-state index in [0.29, 0.717) is 76.3 Å². The van der Waals surface area contributed by atoms with Crippen molar-refractivity contribution >= 4 is 87.2 Å². The maximum atomic E-state index is 5.44. The van der Waals surface area contributed by atoms with Gasteiger partial charge < -0.3 is 18.3 Å². The summed E-state index contributed by atoms with van der Waals surface area (Å²) in [5.74, 6) is 7.14. The molecule has 8 aromatic heterocycles. The molecule has 0 atom stereocenters. The molecule has 0 amide bonds.